The number of nitrogens with two attached hydrogens (primary N) is 1. The monoisotopic (exact) mass is 578 g/mol. The van der Waals surface area contributed by atoms with E-state index in [2.05, 4.69) is 25.9 Å². The van der Waals surface area contributed by atoms with Crippen molar-refractivity contribution >= 4 is 41.4 Å². The van der Waals surface area contributed by atoms with Gasteiger partial charge in [-0.05, 0) is 42.5 Å². The van der Waals surface area contributed by atoms with Crippen molar-refractivity contribution in [2.24, 2.45) is 5.73 Å². The van der Waals surface area contributed by atoms with Crippen molar-refractivity contribution in [3.05, 3.63) is 48.0 Å². The van der Waals surface area contributed by atoms with E-state index < -0.39 is 60.2 Å². The lowest BCUT2D eigenvalue weighted by Gasteiger charge is -2.25. The van der Waals surface area contributed by atoms with Gasteiger partial charge in [0.15, 0.2) is 0 Å². The van der Waals surface area contributed by atoms with Gasteiger partial charge in [-0.15, -0.1) is 0 Å². The second kappa shape index (κ2) is 16.1. The van der Waals surface area contributed by atoms with Crippen LogP contribution < -0.4 is 21.7 Å². The van der Waals surface area contributed by atoms with E-state index in [0.29, 0.717) is 17.0 Å². The summed E-state index contributed by atoms with van der Waals surface area (Å²) in [6.45, 7) is 0. The highest BCUT2D eigenvalue weighted by molar-refractivity contribution is 7.98. The largest absolute Gasteiger partial charge is 0.508 e. The minimum atomic E-state index is -1.50. The number of aromatic hydroxyl groups is 1. The molecule has 14 nitrogen and oxygen atoms in total. The summed E-state index contributed by atoms with van der Waals surface area (Å²) in [6.07, 6.45) is 4.24. The average molecular weight is 579 g/mol. The average Bonchev–Trinajstić information content (AvgIpc) is 3.42. The first-order chi connectivity index (χ1) is 19.0. The lowest BCUT2D eigenvalue weighted by atomic mass is 10.0. The van der Waals surface area contributed by atoms with Gasteiger partial charge in [-0.3, -0.25) is 19.2 Å². The molecule has 0 fully saturated rings. The Labute approximate surface area is 234 Å². The molecule has 0 radical (unpaired) electrons. The van der Waals surface area contributed by atoms with Crippen LogP contribution in [-0.2, 0) is 36.8 Å². The van der Waals surface area contributed by atoms with Gasteiger partial charge in [0.2, 0.25) is 17.7 Å². The lowest BCUT2D eigenvalue weighted by molar-refractivity contribution is -0.143. The second-order valence-corrected chi connectivity index (χ2v) is 9.98. The maximum absolute atomic E-state index is 13.3. The molecule has 3 amide bonds. The van der Waals surface area contributed by atoms with Crippen molar-refractivity contribution < 1.29 is 39.3 Å². The van der Waals surface area contributed by atoms with Crippen LogP contribution in [-0.4, -0.2) is 91.1 Å². The summed E-state index contributed by atoms with van der Waals surface area (Å²) in [4.78, 5) is 68.5. The number of rotatable bonds is 17. The Morgan fingerprint density at radius 2 is 1.55 bits per heavy atom. The quantitative estimate of drug-likeness (QED) is 0.118. The van der Waals surface area contributed by atoms with Gasteiger partial charge in [0.05, 0.1) is 12.4 Å². The second-order valence-electron chi connectivity index (χ2n) is 8.99. The van der Waals surface area contributed by atoms with Crippen LogP contribution in [0, 0.1) is 0 Å². The molecule has 0 saturated carbocycles. The fourth-order valence-corrected chi connectivity index (χ4v) is 4.13. The minimum Gasteiger partial charge on any atom is -0.508 e. The number of amides is 3. The van der Waals surface area contributed by atoms with Crippen LogP contribution in [0.15, 0.2) is 36.8 Å². The summed E-state index contributed by atoms with van der Waals surface area (Å²) < 4.78 is 0. The molecule has 218 valence electrons. The fourth-order valence-electron chi connectivity index (χ4n) is 3.66. The first-order valence-electron chi connectivity index (χ1n) is 12.4. The van der Waals surface area contributed by atoms with Crippen LogP contribution in [0.5, 0.6) is 5.75 Å². The number of aliphatic carboxylic acids is 2. The highest BCUT2D eigenvalue weighted by Gasteiger charge is 2.30. The molecule has 1 aromatic heterocycles. The number of nitrogens with one attached hydrogen (secondary N) is 4. The van der Waals surface area contributed by atoms with E-state index in [1.807, 2.05) is 6.26 Å². The molecule has 0 aliphatic rings. The number of carboxylic acids is 2. The molecule has 4 unspecified atom stereocenters. The topological polar surface area (TPSA) is 237 Å². The molecule has 15 heteroatoms. The van der Waals surface area contributed by atoms with Gasteiger partial charge in [-0.2, -0.15) is 11.8 Å². The van der Waals surface area contributed by atoms with Crippen LogP contribution in [0.25, 0.3) is 0 Å². The van der Waals surface area contributed by atoms with Crippen LogP contribution in [0.1, 0.15) is 30.5 Å². The number of imidazole rings is 1. The normalized spacial score (nSPS) is 13.8. The predicted molar refractivity (Wildman–Crippen MR) is 145 cm³/mol. The number of phenols is 1. The van der Waals surface area contributed by atoms with E-state index in [4.69, 9.17) is 10.8 Å². The number of nitrogens with zero attached hydrogens (tertiary/aromatic N) is 1. The standard InChI is InChI=1S/C25H34N6O8S/c1-40-9-8-18(29-22(35)17(26)11-15-12-27-13-28-15)23(36)31-20(10-14-2-4-16(32)5-3-14)24(37)30-19(25(38)39)6-7-21(33)34/h2-5,12-13,17-20,32H,6-11,26H2,1H3,(H,27,28)(H,29,35)(H,30,37)(H,31,36)(H,33,34)(H,38,39). The molecule has 0 spiro atoms. The molecule has 0 bridgehead atoms. The van der Waals surface area contributed by atoms with Gasteiger partial charge in [-0.25, -0.2) is 9.78 Å². The van der Waals surface area contributed by atoms with E-state index in [9.17, 15) is 34.2 Å². The Kier molecular flexibility index (Phi) is 12.9. The number of hydrogen-bond acceptors (Lipinski definition) is 9. The fraction of sp³-hybridized carbons (Fsp3) is 0.440. The molecule has 0 saturated heterocycles. The third-order valence-corrected chi connectivity index (χ3v) is 6.49. The van der Waals surface area contributed by atoms with Crippen LogP contribution >= 0.6 is 11.8 Å². The number of H-pyrrole nitrogens is 1. The number of thioether (sulfide) groups is 1. The summed E-state index contributed by atoms with van der Waals surface area (Å²) in [5.74, 6) is -4.31. The number of phenolic OH excluding ortho intramolecular Hbond substituents is 1. The highest BCUT2D eigenvalue weighted by Crippen LogP contribution is 2.13. The van der Waals surface area contributed by atoms with Gasteiger partial charge in [-0.1, -0.05) is 12.1 Å². The molecule has 4 atom stereocenters. The van der Waals surface area contributed by atoms with Gasteiger partial charge >= 0.3 is 11.9 Å². The SMILES string of the molecule is CSCCC(NC(=O)C(N)Cc1cnc[nH]1)C(=O)NC(Cc1ccc(O)cc1)C(=O)NC(CCC(=O)O)C(=O)O. The summed E-state index contributed by atoms with van der Waals surface area (Å²) in [6, 6.07) is 1.02. The van der Waals surface area contributed by atoms with Gasteiger partial charge in [0.25, 0.3) is 0 Å². The summed E-state index contributed by atoms with van der Waals surface area (Å²) in [7, 11) is 0. The third kappa shape index (κ3) is 10.9. The number of carboxylic acid groups (broad SMARTS) is 2. The van der Waals surface area contributed by atoms with Crippen molar-refractivity contribution in [3.63, 3.8) is 0 Å². The van der Waals surface area contributed by atoms with E-state index in [1.54, 1.807) is 0 Å². The number of aromatic nitrogens is 2. The maximum Gasteiger partial charge on any atom is 0.326 e. The van der Waals surface area contributed by atoms with E-state index >= 15 is 0 Å². The number of carbonyl (C=O) groups excluding carboxylic acids is 3. The molecule has 0 aliphatic heterocycles. The van der Waals surface area contributed by atoms with E-state index in [-0.39, 0.29) is 31.4 Å². The Morgan fingerprint density at radius 1 is 0.925 bits per heavy atom. The molecule has 0 aliphatic carbocycles. The molecular formula is C25H34N6O8S. The summed E-state index contributed by atoms with van der Waals surface area (Å²) in [5.41, 5.74) is 7.18. The van der Waals surface area contributed by atoms with Crippen molar-refractivity contribution in [2.75, 3.05) is 12.0 Å². The van der Waals surface area contributed by atoms with Crippen molar-refractivity contribution in [2.45, 2.75) is 56.3 Å². The molecular weight excluding hydrogens is 544 g/mol. The predicted octanol–water partition coefficient (Wildman–Crippen LogP) is -0.615. The van der Waals surface area contributed by atoms with E-state index in [1.165, 1.54) is 48.6 Å². The maximum atomic E-state index is 13.3. The molecule has 2 rings (SSSR count). The Bertz CT molecular complexity index is 1140. The number of aromatic amines is 1. The van der Waals surface area contributed by atoms with E-state index in [0.717, 1.165) is 0 Å². The Morgan fingerprint density at radius 3 is 2.12 bits per heavy atom. The Hall–Kier alpha value is -4.11. The van der Waals surface area contributed by atoms with Crippen LogP contribution in [0.2, 0.25) is 0 Å². The Balaban J connectivity index is 2.20. The summed E-state index contributed by atoms with van der Waals surface area (Å²) >= 11 is 1.44. The van der Waals surface area contributed by atoms with Crippen molar-refractivity contribution in [1.82, 2.24) is 25.9 Å². The number of benzene rings is 1. The zero-order valence-corrected chi connectivity index (χ0v) is 22.6. The lowest BCUT2D eigenvalue weighted by Crippen LogP contribution is -2.58. The van der Waals surface area contributed by atoms with Gasteiger partial charge < -0.3 is 42.0 Å². The molecule has 1 heterocycles. The first kappa shape index (κ1) is 32.1. The molecule has 1 aromatic carbocycles. The minimum absolute atomic E-state index is 0.0142. The first-order valence-corrected chi connectivity index (χ1v) is 13.7. The van der Waals surface area contributed by atoms with Gasteiger partial charge in [0.1, 0.15) is 23.9 Å². The molecule has 9 N–H and O–H groups in total. The number of carbonyl (C=O) groups is 5. The smallest absolute Gasteiger partial charge is 0.326 e. The molecule has 40 heavy (non-hydrogen) atoms. The van der Waals surface area contributed by atoms with Crippen LogP contribution in [0.4, 0.5) is 0 Å². The van der Waals surface area contributed by atoms with Crippen LogP contribution in [0.3, 0.4) is 0 Å². The zero-order chi connectivity index (χ0) is 29.7. The summed E-state index contributed by atoms with van der Waals surface area (Å²) in [5, 5.41) is 35.4. The molecule has 2 aromatic rings. The van der Waals surface area contributed by atoms with Crippen molar-refractivity contribution in [3.8, 4) is 5.75 Å². The third-order valence-electron chi connectivity index (χ3n) is 5.85. The zero-order valence-electron chi connectivity index (χ0n) is 21.8. The van der Waals surface area contributed by atoms with Crippen molar-refractivity contribution in [1.29, 1.82) is 0 Å². The van der Waals surface area contributed by atoms with Gasteiger partial charge in [0, 0.05) is 31.2 Å². The number of hydrogen-bond donors (Lipinski definition) is 8. The highest BCUT2D eigenvalue weighted by atomic mass is 32.2.